The quantitative estimate of drug-likeness (QED) is 0.648. The highest BCUT2D eigenvalue weighted by Crippen LogP contribution is 2.23. The number of carbonyl (C=O) groups is 1. The summed E-state index contributed by atoms with van der Waals surface area (Å²) < 4.78 is 10.4. The molecule has 0 heterocycles. The molecule has 0 aliphatic heterocycles. The van der Waals surface area contributed by atoms with Gasteiger partial charge in [0.25, 0.3) is 5.91 Å². The maximum absolute atomic E-state index is 11.7. The molecule has 0 aliphatic carbocycles. The molecule has 5 nitrogen and oxygen atoms in total. The first-order valence-electron chi connectivity index (χ1n) is 7.74. The van der Waals surface area contributed by atoms with Crippen molar-refractivity contribution in [2.24, 2.45) is 0 Å². The zero-order chi connectivity index (χ0) is 16.4. The molecule has 0 spiro atoms. The smallest absolute Gasteiger partial charge is 0.257 e. The van der Waals surface area contributed by atoms with E-state index in [1.165, 1.54) is 11.1 Å². The van der Waals surface area contributed by atoms with E-state index in [1.54, 1.807) is 7.11 Å². The van der Waals surface area contributed by atoms with Gasteiger partial charge >= 0.3 is 0 Å². The van der Waals surface area contributed by atoms with Gasteiger partial charge in [-0.2, -0.15) is 0 Å². The summed E-state index contributed by atoms with van der Waals surface area (Å²) in [5.74, 6) is 1.11. The SMILES string of the molecule is COCCNCCNC(=O)COc1ccc(C(C)C)c(C)c1. The molecule has 0 saturated heterocycles. The molecule has 2 N–H and O–H groups in total. The van der Waals surface area contributed by atoms with Crippen LogP contribution in [0.2, 0.25) is 0 Å². The van der Waals surface area contributed by atoms with E-state index in [0.29, 0.717) is 19.1 Å². The molecular weight excluding hydrogens is 280 g/mol. The molecule has 1 amide bonds. The van der Waals surface area contributed by atoms with Crippen LogP contribution in [0.5, 0.6) is 5.75 Å². The summed E-state index contributed by atoms with van der Waals surface area (Å²) in [6, 6.07) is 5.96. The first-order valence-corrected chi connectivity index (χ1v) is 7.74. The summed E-state index contributed by atoms with van der Waals surface area (Å²) >= 11 is 0. The van der Waals surface area contributed by atoms with Crippen LogP contribution in [-0.4, -0.2) is 45.9 Å². The fourth-order valence-corrected chi connectivity index (χ4v) is 2.18. The van der Waals surface area contributed by atoms with E-state index in [9.17, 15) is 4.79 Å². The Kier molecular flexibility index (Phi) is 8.55. The molecule has 1 rings (SSSR count). The van der Waals surface area contributed by atoms with E-state index in [-0.39, 0.29) is 12.5 Å². The van der Waals surface area contributed by atoms with Crippen LogP contribution in [0.25, 0.3) is 0 Å². The molecular formula is C17H28N2O3. The first-order chi connectivity index (χ1) is 10.5. The Balaban J connectivity index is 2.25. The van der Waals surface area contributed by atoms with Crippen molar-refractivity contribution in [1.82, 2.24) is 10.6 Å². The molecule has 0 radical (unpaired) electrons. The number of hydrogen-bond donors (Lipinski definition) is 2. The molecule has 0 saturated carbocycles. The summed E-state index contributed by atoms with van der Waals surface area (Å²) in [5.41, 5.74) is 2.49. The molecule has 0 unspecified atom stereocenters. The Morgan fingerprint density at radius 3 is 2.64 bits per heavy atom. The van der Waals surface area contributed by atoms with E-state index in [4.69, 9.17) is 9.47 Å². The highest BCUT2D eigenvalue weighted by molar-refractivity contribution is 5.77. The van der Waals surface area contributed by atoms with Crippen LogP contribution in [-0.2, 0) is 9.53 Å². The Labute approximate surface area is 133 Å². The Bertz CT molecular complexity index is 461. The van der Waals surface area contributed by atoms with Crippen molar-refractivity contribution in [1.29, 1.82) is 0 Å². The normalized spacial score (nSPS) is 10.8. The van der Waals surface area contributed by atoms with Gasteiger partial charge in [0.05, 0.1) is 6.61 Å². The van der Waals surface area contributed by atoms with Crippen molar-refractivity contribution in [3.8, 4) is 5.75 Å². The molecule has 1 aromatic rings. The highest BCUT2D eigenvalue weighted by Gasteiger charge is 2.06. The van der Waals surface area contributed by atoms with Gasteiger partial charge in [0.2, 0.25) is 0 Å². The number of nitrogens with one attached hydrogen (secondary N) is 2. The summed E-state index contributed by atoms with van der Waals surface area (Å²) in [6.07, 6.45) is 0. The summed E-state index contributed by atoms with van der Waals surface area (Å²) in [4.78, 5) is 11.7. The molecule has 0 atom stereocenters. The minimum atomic E-state index is -0.112. The van der Waals surface area contributed by atoms with Crippen molar-refractivity contribution < 1.29 is 14.3 Å². The van der Waals surface area contributed by atoms with E-state index in [0.717, 1.165) is 18.8 Å². The first kappa shape index (κ1) is 18.5. The maximum Gasteiger partial charge on any atom is 0.257 e. The number of aryl methyl sites for hydroxylation is 1. The fraction of sp³-hybridized carbons (Fsp3) is 0.588. The second kappa shape index (κ2) is 10.2. The van der Waals surface area contributed by atoms with Crippen molar-refractivity contribution in [3.63, 3.8) is 0 Å². The van der Waals surface area contributed by atoms with E-state index in [1.807, 2.05) is 12.1 Å². The monoisotopic (exact) mass is 308 g/mol. The predicted molar refractivity (Wildman–Crippen MR) is 88.5 cm³/mol. The number of hydrogen-bond acceptors (Lipinski definition) is 4. The molecule has 0 aromatic heterocycles. The molecule has 124 valence electrons. The van der Waals surface area contributed by atoms with Crippen LogP contribution in [0.15, 0.2) is 18.2 Å². The number of methoxy groups -OCH3 is 1. The maximum atomic E-state index is 11.7. The van der Waals surface area contributed by atoms with E-state index >= 15 is 0 Å². The lowest BCUT2D eigenvalue weighted by molar-refractivity contribution is -0.123. The summed E-state index contributed by atoms with van der Waals surface area (Å²) in [5, 5.41) is 5.97. The minimum Gasteiger partial charge on any atom is -0.484 e. The molecule has 0 bridgehead atoms. The average Bonchev–Trinajstić information content (AvgIpc) is 2.48. The third-order valence-electron chi connectivity index (χ3n) is 3.34. The van der Waals surface area contributed by atoms with E-state index in [2.05, 4.69) is 37.5 Å². The van der Waals surface area contributed by atoms with Gasteiger partial charge in [-0.25, -0.2) is 0 Å². The second-order valence-electron chi connectivity index (χ2n) is 5.55. The van der Waals surface area contributed by atoms with Gasteiger partial charge in [0.15, 0.2) is 6.61 Å². The minimum absolute atomic E-state index is 0.0402. The van der Waals surface area contributed by atoms with Gasteiger partial charge in [0.1, 0.15) is 5.75 Å². The van der Waals surface area contributed by atoms with Gasteiger partial charge in [-0.3, -0.25) is 4.79 Å². The van der Waals surface area contributed by atoms with Crippen LogP contribution in [0, 0.1) is 6.92 Å². The molecule has 0 fully saturated rings. The second-order valence-corrected chi connectivity index (χ2v) is 5.55. The van der Waals surface area contributed by atoms with Crippen molar-refractivity contribution >= 4 is 5.91 Å². The number of benzene rings is 1. The largest absolute Gasteiger partial charge is 0.484 e. The van der Waals surface area contributed by atoms with Crippen LogP contribution in [0.4, 0.5) is 0 Å². The molecule has 1 aromatic carbocycles. The van der Waals surface area contributed by atoms with Gasteiger partial charge in [-0.1, -0.05) is 19.9 Å². The van der Waals surface area contributed by atoms with Gasteiger partial charge < -0.3 is 20.1 Å². The summed E-state index contributed by atoms with van der Waals surface area (Å²) in [7, 11) is 1.66. The van der Waals surface area contributed by atoms with Gasteiger partial charge in [-0.15, -0.1) is 0 Å². The number of ether oxygens (including phenoxy) is 2. The van der Waals surface area contributed by atoms with Crippen LogP contribution >= 0.6 is 0 Å². The molecule has 0 aliphatic rings. The highest BCUT2D eigenvalue weighted by atomic mass is 16.5. The summed E-state index contributed by atoms with van der Waals surface area (Å²) in [6.45, 7) is 9.18. The lowest BCUT2D eigenvalue weighted by Gasteiger charge is -2.12. The van der Waals surface area contributed by atoms with Crippen LogP contribution in [0.1, 0.15) is 30.9 Å². The number of amides is 1. The lowest BCUT2D eigenvalue weighted by atomic mass is 9.98. The van der Waals surface area contributed by atoms with Crippen molar-refractivity contribution in [2.75, 3.05) is 40.0 Å². The van der Waals surface area contributed by atoms with Crippen LogP contribution in [0.3, 0.4) is 0 Å². The third kappa shape index (κ3) is 6.91. The molecule has 5 heteroatoms. The van der Waals surface area contributed by atoms with Crippen LogP contribution < -0.4 is 15.4 Å². The van der Waals surface area contributed by atoms with Crippen molar-refractivity contribution in [2.45, 2.75) is 26.7 Å². The Morgan fingerprint density at radius 2 is 2.00 bits per heavy atom. The predicted octanol–water partition coefficient (Wildman–Crippen LogP) is 1.85. The average molecular weight is 308 g/mol. The lowest BCUT2D eigenvalue weighted by Crippen LogP contribution is -2.35. The fourth-order valence-electron chi connectivity index (χ4n) is 2.18. The third-order valence-corrected chi connectivity index (χ3v) is 3.34. The zero-order valence-electron chi connectivity index (χ0n) is 14.1. The standard InChI is InChI=1S/C17H28N2O3/c1-13(2)16-6-5-15(11-14(16)3)22-12-17(20)19-8-7-18-9-10-21-4/h5-6,11,13,18H,7-10,12H2,1-4H3,(H,19,20). The zero-order valence-corrected chi connectivity index (χ0v) is 14.1. The Morgan fingerprint density at radius 1 is 1.23 bits per heavy atom. The number of rotatable bonds is 10. The Hall–Kier alpha value is -1.59. The van der Waals surface area contributed by atoms with Crippen molar-refractivity contribution in [3.05, 3.63) is 29.3 Å². The van der Waals surface area contributed by atoms with Gasteiger partial charge in [0, 0.05) is 26.7 Å². The van der Waals surface area contributed by atoms with Gasteiger partial charge in [-0.05, 0) is 36.1 Å². The molecule has 22 heavy (non-hydrogen) atoms. The number of carbonyl (C=O) groups excluding carboxylic acids is 1. The topological polar surface area (TPSA) is 59.6 Å². The van der Waals surface area contributed by atoms with E-state index < -0.39 is 0 Å².